The van der Waals surface area contributed by atoms with Crippen molar-refractivity contribution < 1.29 is 19.4 Å². The maximum absolute atomic E-state index is 12.5. The number of rotatable bonds is 4. The van der Waals surface area contributed by atoms with Crippen LogP contribution in [-0.2, 0) is 4.74 Å². The number of phenolic OH excluding ortho intramolecular Hbond substituents is 1. The molecule has 1 aliphatic carbocycles. The first kappa shape index (κ1) is 19.2. The Kier molecular flexibility index (Phi) is 6.35. The molecule has 2 aromatic rings. The molecule has 0 aromatic heterocycles. The van der Waals surface area contributed by atoms with Crippen LogP contribution >= 0.6 is 11.6 Å². The van der Waals surface area contributed by atoms with E-state index in [0.717, 1.165) is 38.5 Å². The molecule has 0 heterocycles. The number of nitrogens with one attached hydrogen (secondary N) is 1. The van der Waals surface area contributed by atoms with Gasteiger partial charge < -0.3 is 15.2 Å². The van der Waals surface area contributed by atoms with E-state index in [1.165, 1.54) is 12.1 Å². The average molecular weight is 388 g/mol. The van der Waals surface area contributed by atoms with E-state index >= 15 is 0 Å². The van der Waals surface area contributed by atoms with Crippen molar-refractivity contribution in [1.82, 2.24) is 0 Å². The summed E-state index contributed by atoms with van der Waals surface area (Å²) >= 11 is 6.12. The van der Waals surface area contributed by atoms with Crippen LogP contribution in [0.3, 0.4) is 0 Å². The number of anilines is 1. The van der Waals surface area contributed by atoms with E-state index in [2.05, 4.69) is 5.32 Å². The SMILES string of the molecule is O=C(Nc1cc(C(=O)OC2CCCCCC2)c(O)cc1Cl)c1ccccc1. The van der Waals surface area contributed by atoms with Crippen LogP contribution in [-0.4, -0.2) is 23.1 Å². The number of esters is 1. The number of ether oxygens (including phenoxy) is 1. The van der Waals surface area contributed by atoms with Crippen molar-refractivity contribution in [1.29, 1.82) is 0 Å². The standard InChI is InChI=1S/C21H22ClNO4/c22-17-13-19(24)16(21(26)27-15-10-6-1-2-7-11-15)12-18(17)23-20(25)14-8-4-3-5-9-14/h3-5,8-9,12-13,15,24H,1-2,6-7,10-11H2,(H,23,25). The van der Waals surface area contributed by atoms with Gasteiger partial charge in [-0.15, -0.1) is 0 Å². The second-order valence-corrected chi connectivity index (χ2v) is 7.10. The number of carbonyl (C=O) groups excluding carboxylic acids is 2. The van der Waals surface area contributed by atoms with Crippen molar-refractivity contribution in [3.8, 4) is 5.75 Å². The van der Waals surface area contributed by atoms with Crippen LogP contribution in [0, 0.1) is 0 Å². The zero-order chi connectivity index (χ0) is 19.2. The van der Waals surface area contributed by atoms with Gasteiger partial charge in [-0.2, -0.15) is 0 Å². The van der Waals surface area contributed by atoms with E-state index in [9.17, 15) is 14.7 Å². The van der Waals surface area contributed by atoms with Crippen molar-refractivity contribution in [2.24, 2.45) is 0 Å². The maximum atomic E-state index is 12.5. The van der Waals surface area contributed by atoms with Crippen molar-refractivity contribution in [2.45, 2.75) is 44.6 Å². The number of aromatic hydroxyl groups is 1. The Bertz CT molecular complexity index is 814. The first-order valence-corrected chi connectivity index (χ1v) is 9.52. The summed E-state index contributed by atoms with van der Waals surface area (Å²) in [5.41, 5.74) is 0.701. The summed E-state index contributed by atoms with van der Waals surface area (Å²) < 4.78 is 5.57. The first-order valence-electron chi connectivity index (χ1n) is 9.14. The van der Waals surface area contributed by atoms with Gasteiger partial charge in [-0.05, 0) is 43.9 Å². The molecule has 0 spiro atoms. The van der Waals surface area contributed by atoms with Crippen molar-refractivity contribution >= 4 is 29.2 Å². The lowest BCUT2D eigenvalue weighted by Gasteiger charge is -2.17. The fourth-order valence-corrected chi connectivity index (χ4v) is 3.39. The third-order valence-electron chi connectivity index (χ3n) is 4.67. The Morgan fingerprint density at radius 2 is 1.70 bits per heavy atom. The smallest absolute Gasteiger partial charge is 0.342 e. The molecule has 0 atom stereocenters. The Labute approximate surface area is 163 Å². The zero-order valence-electron chi connectivity index (χ0n) is 14.9. The number of phenols is 1. The lowest BCUT2D eigenvalue weighted by Crippen LogP contribution is -2.18. The molecule has 0 bridgehead atoms. The van der Waals surface area contributed by atoms with Gasteiger partial charge in [0.1, 0.15) is 17.4 Å². The maximum Gasteiger partial charge on any atom is 0.342 e. The van der Waals surface area contributed by atoms with Gasteiger partial charge in [0, 0.05) is 11.6 Å². The van der Waals surface area contributed by atoms with E-state index in [0.29, 0.717) is 5.56 Å². The lowest BCUT2D eigenvalue weighted by molar-refractivity contribution is 0.0264. The lowest BCUT2D eigenvalue weighted by atomic mass is 10.1. The molecule has 2 N–H and O–H groups in total. The summed E-state index contributed by atoms with van der Waals surface area (Å²) in [4.78, 5) is 24.9. The van der Waals surface area contributed by atoms with E-state index in [-0.39, 0.29) is 34.0 Å². The molecule has 1 fully saturated rings. The van der Waals surface area contributed by atoms with Gasteiger partial charge in [0.15, 0.2) is 0 Å². The molecule has 3 rings (SSSR count). The molecule has 142 valence electrons. The predicted octanol–water partition coefficient (Wildman–Crippen LogP) is 5.18. The molecule has 6 heteroatoms. The molecule has 0 radical (unpaired) electrons. The van der Waals surface area contributed by atoms with Crippen LogP contribution in [0.1, 0.15) is 59.2 Å². The minimum absolute atomic E-state index is 0.00740. The quantitative estimate of drug-likeness (QED) is 0.430. The Balaban J connectivity index is 1.76. The van der Waals surface area contributed by atoms with Gasteiger partial charge in [-0.25, -0.2) is 4.79 Å². The van der Waals surface area contributed by atoms with E-state index in [1.54, 1.807) is 24.3 Å². The van der Waals surface area contributed by atoms with Gasteiger partial charge in [0.25, 0.3) is 5.91 Å². The van der Waals surface area contributed by atoms with Crippen LogP contribution in [0.4, 0.5) is 5.69 Å². The normalized spacial score (nSPS) is 15.0. The van der Waals surface area contributed by atoms with Crippen LogP contribution < -0.4 is 5.32 Å². The minimum Gasteiger partial charge on any atom is -0.507 e. The molecular formula is C21H22ClNO4. The topological polar surface area (TPSA) is 75.6 Å². The van der Waals surface area contributed by atoms with Crippen molar-refractivity contribution in [3.63, 3.8) is 0 Å². The molecule has 1 amide bonds. The average Bonchev–Trinajstić information content (AvgIpc) is 2.93. The number of amides is 1. The Morgan fingerprint density at radius 3 is 2.37 bits per heavy atom. The monoisotopic (exact) mass is 387 g/mol. The Hall–Kier alpha value is -2.53. The van der Waals surface area contributed by atoms with Crippen molar-refractivity contribution in [2.75, 3.05) is 5.32 Å². The molecule has 0 unspecified atom stereocenters. The molecule has 1 aliphatic rings. The summed E-state index contributed by atoms with van der Waals surface area (Å²) in [7, 11) is 0. The third-order valence-corrected chi connectivity index (χ3v) is 4.98. The number of benzene rings is 2. The molecule has 0 saturated heterocycles. The largest absolute Gasteiger partial charge is 0.507 e. The van der Waals surface area contributed by atoms with Gasteiger partial charge >= 0.3 is 5.97 Å². The summed E-state index contributed by atoms with van der Waals surface area (Å²) in [6, 6.07) is 11.3. The van der Waals surface area contributed by atoms with Gasteiger partial charge in [0.2, 0.25) is 0 Å². The number of carbonyl (C=O) groups is 2. The number of hydrogen-bond donors (Lipinski definition) is 2. The highest BCUT2D eigenvalue weighted by molar-refractivity contribution is 6.34. The van der Waals surface area contributed by atoms with Crippen LogP contribution in [0.5, 0.6) is 5.75 Å². The molecule has 0 aliphatic heterocycles. The molecular weight excluding hydrogens is 366 g/mol. The second-order valence-electron chi connectivity index (χ2n) is 6.69. The van der Waals surface area contributed by atoms with E-state index < -0.39 is 5.97 Å². The van der Waals surface area contributed by atoms with Gasteiger partial charge in [0.05, 0.1) is 10.7 Å². The van der Waals surface area contributed by atoms with Crippen LogP contribution in [0.2, 0.25) is 5.02 Å². The highest BCUT2D eigenvalue weighted by atomic mass is 35.5. The van der Waals surface area contributed by atoms with Gasteiger partial charge in [-0.1, -0.05) is 42.6 Å². The summed E-state index contributed by atoms with van der Waals surface area (Å²) in [6.07, 6.45) is 5.88. The fourth-order valence-electron chi connectivity index (χ4n) is 3.18. The minimum atomic E-state index is -0.605. The molecule has 2 aromatic carbocycles. The van der Waals surface area contributed by atoms with E-state index in [4.69, 9.17) is 16.3 Å². The zero-order valence-corrected chi connectivity index (χ0v) is 15.7. The van der Waals surface area contributed by atoms with Crippen molar-refractivity contribution in [3.05, 3.63) is 58.6 Å². The molecule has 27 heavy (non-hydrogen) atoms. The molecule has 1 saturated carbocycles. The molecule has 5 nitrogen and oxygen atoms in total. The number of halogens is 1. The third kappa shape index (κ3) is 5.01. The van der Waals surface area contributed by atoms with Crippen LogP contribution in [0.25, 0.3) is 0 Å². The fraction of sp³-hybridized carbons (Fsp3) is 0.333. The second kappa shape index (κ2) is 8.91. The first-order chi connectivity index (χ1) is 13.0. The number of hydrogen-bond acceptors (Lipinski definition) is 4. The van der Waals surface area contributed by atoms with Crippen LogP contribution in [0.15, 0.2) is 42.5 Å². The predicted molar refractivity (Wildman–Crippen MR) is 104 cm³/mol. The Morgan fingerprint density at radius 1 is 1.04 bits per heavy atom. The highest BCUT2D eigenvalue weighted by Gasteiger charge is 2.22. The summed E-state index contributed by atoms with van der Waals surface area (Å²) in [5, 5.41) is 12.9. The summed E-state index contributed by atoms with van der Waals surface area (Å²) in [5.74, 6) is -1.23. The van der Waals surface area contributed by atoms with Gasteiger partial charge in [-0.3, -0.25) is 4.79 Å². The highest BCUT2D eigenvalue weighted by Crippen LogP contribution is 2.32. The van der Waals surface area contributed by atoms with E-state index in [1.807, 2.05) is 6.07 Å². The summed E-state index contributed by atoms with van der Waals surface area (Å²) in [6.45, 7) is 0.